The highest BCUT2D eigenvalue weighted by molar-refractivity contribution is 7.98. The third-order valence-corrected chi connectivity index (χ3v) is 4.83. The van der Waals surface area contributed by atoms with Crippen molar-refractivity contribution in [3.63, 3.8) is 0 Å². The minimum Gasteiger partial charge on any atom is -0.310 e. The minimum absolute atomic E-state index is 0.364. The number of rotatable bonds is 5. The zero-order chi connectivity index (χ0) is 12.0. The fourth-order valence-corrected chi connectivity index (χ4v) is 3.30. The Hall–Kier alpha value is 0.270. The van der Waals surface area contributed by atoms with Gasteiger partial charge in [-0.3, -0.25) is 4.90 Å². The molecule has 16 heavy (non-hydrogen) atoms. The number of hydrogen-bond donors (Lipinski definition) is 1. The Kier molecular flexibility index (Phi) is 6.16. The Morgan fingerprint density at radius 1 is 1.38 bits per heavy atom. The average Bonchev–Trinajstić information content (AvgIpc) is 2.52. The molecule has 1 fully saturated rings. The molecule has 0 spiro atoms. The normalized spacial score (nSPS) is 24.0. The smallest absolute Gasteiger partial charge is 0.0303 e. The summed E-state index contributed by atoms with van der Waals surface area (Å²) in [6.07, 6.45) is 5.98. The van der Waals surface area contributed by atoms with Gasteiger partial charge in [-0.1, -0.05) is 13.8 Å². The molecule has 0 aromatic heterocycles. The summed E-state index contributed by atoms with van der Waals surface area (Å²) < 4.78 is 0. The number of nitrogens with zero attached hydrogens (tertiary/aromatic N) is 1. The first-order chi connectivity index (χ1) is 7.67. The van der Waals surface area contributed by atoms with Crippen LogP contribution in [-0.4, -0.2) is 48.1 Å². The van der Waals surface area contributed by atoms with Gasteiger partial charge in [0.2, 0.25) is 0 Å². The molecule has 96 valence electrons. The van der Waals surface area contributed by atoms with Crippen molar-refractivity contribution in [3.05, 3.63) is 0 Å². The maximum atomic E-state index is 3.77. The molecular formula is C13H28N2S. The lowest BCUT2D eigenvalue weighted by atomic mass is 9.92. The van der Waals surface area contributed by atoms with Crippen molar-refractivity contribution < 1.29 is 0 Å². The molecule has 1 heterocycles. The van der Waals surface area contributed by atoms with Gasteiger partial charge in [0.05, 0.1) is 0 Å². The standard InChI is InChI=1S/C13H28N2S/c1-5-13(6-2)11-15(9-7-8-14-13)12(3)10-16-4/h12,14H,5-11H2,1-4H3. The van der Waals surface area contributed by atoms with Crippen LogP contribution in [-0.2, 0) is 0 Å². The lowest BCUT2D eigenvalue weighted by Crippen LogP contribution is -2.52. The highest BCUT2D eigenvalue weighted by Gasteiger charge is 2.31. The van der Waals surface area contributed by atoms with Gasteiger partial charge < -0.3 is 5.32 Å². The third kappa shape index (κ3) is 3.64. The second-order valence-corrected chi connectivity index (χ2v) is 5.95. The average molecular weight is 244 g/mol. The number of thioether (sulfide) groups is 1. The molecule has 2 nitrogen and oxygen atoms in total. The van der Waals surface area contributed by atoms with Gasteiger partial charge in [0, 0.05) is 23.9 Å². The van der Waals surface area contributed by atoms with E-state index in [1.54, 1.807) is 0 Å². The molecule has 1 atom stereocenters. The SMILES string of the molecule is CCC1(CC)CN(C(C)CSC)CCCN1. The zero-order valence-corrected chi connectivity index (χ0v) is 12.2. The van der Waals surface area contributed by atoms with E-state index < -0.39 is 0 Å². The Bertz CT molecular complexity index is 192. The van der Waals surface area contributed by atoms with E-state index in [1.165, 1.54) is 44.6 Å². The van der Waals surface area contributed by atoms with Gasteiger partial charge in [0.1, 0.15) is 0 Å². The monoisotopic (exact) mass is 244 g/mol. The van der Waals surface area contributed by atoms with Crippen molar-refractivity contribution in [1.82, 2.24) is 10.2 Å². The highest BCUT2D eigenvalue weighted by atomic mass is 32.2. The first-order valence-electron chi connectivity index (χ1n) is 6.65. The van der Waals surface area contributed by atoms with Gasteiger partial charge in [-0.25, -0.2) is 0 Å². The maximum Gasteiger partial charge on any atom is 0.0303 e. The zero-order valence-electron chi connectivity index (χ0n) is 11.4. The predicted molar refractivity (Wildman–Crippen MR) is 75.3 cm³/mol. The second kappa shape index (κ2) is 6.87. The van der Waals surface area contributed by atoms with Gasteiger partial charge in [0.25, 0.3) is 0 Å². The summed E-state index contributed by atoms with van der Waals surface area (Å²) in [5.41, 5.74) is 0.364. The third-order valence-electron chi connectivity index (χ3n) is 4.01. The topological polar surface area (TPSA) is 15.3 Å². The molecule has 1 N–H and O–H groups in total. The lowest BCUT2D eigenvalue weighted by molar-refractivity contribution is 0.167. The van der Waals surface area contributed by atoms with Crippen molar-refractivity contribution in [2.45, 2.75) is 51.6 Å². The summed E-state index contributed by atoms with van der Waals surface area (Å²) in [6.45, 7) is 10.7. The van der Waals surface area contributed by atoms with Crippen LogP contribution < -0.4 is 5.32 Å². The van der Waals surface area contributed by atoms with Crippen LogP contribution in [0.25, 0.3) is 0 Å². The van der Waals surface area contributed by atoms with Gasteiger partial charge in [0.15, 0.2) is 0 Å². The minimum atomic E-state index is 0.364. The Morgan fingerprint density at radius 3 is 2.62 bits per heavy atom. The number of nitrogens with one attached hydrogen (secondary N) is 1. The molecule has 0 saturated carbocycles. The van der Waals surface area contributed by atoms with E-state index in [0.717, 1.165) is 0 Å². The predicted octanol–water partition coefficient (Wildman–Crippen LogP) is 2.59. The molecule has 0 aliphatic carbocycles. The molecule has 0 radical (unpaired) electrons. The summed E-state index contributed by atoms with van der Waals surface area (Å²) in [6, 6.07) is 0.715. The van der Waals surface area contributed by atoms with Crippen LogP contribution in [0, 0.1) is 0 Å². The van der Waals surface area contributed by atoms with Crippen LogP contribution >= 0.6 is 11.8 Å². The van der Waals surface area contributed by atoms with Crippen molar-refractivity contribution in [2.24, 2.45) is 0 Å². The molecule has 3 heteroatoms. The molecule has 0 amide bonds. The van der Waals surface area contributed by atoms with Crippen LogP contribution in [0.4, 0.5) is 0 Å². The van der Waals surface area contributed by atoms with Gasteiger partial charge >= 0.3 is 0 Å². The van der Waals surface area contributed by atoms with Crippen molar-refractivity contribution >= 4 is 11.8 Å². The highest BCUT2D eigenvalue weighted by Crippen LogP contribution is 2.21. The molecule has 0 bridgehead atoms. The van der Waals surface area contributed by atoms with Gasteiger partial charge in [-0.15, -0.1) is 0 Å². The largest absolute Gasteiger partial charge is 0.310 e. The van der Waals surface area contributed by atoms with E-state index in [2.05, 4.69) is 37.2 Å². The fourth-order valence-electron chi connectivity index (χ4n) is 2.61. The van der Waals surface area contributed by atoms with Crippen LogP contribution in [0.5, 0.6) is 0 Å². The lowest BCUT2D eigenvalue weighted by Gasteiger charge is -2.38. The molecule has 1 aliphatic rings. The molecule has 0 aromatic carbocycles. The van der Waals surface area contributed by atoms with Crippen LogP contribution in [0.15, 0.2) is 0 Å². The quantitative estimate of drug-likeness (QED) is 0.800. The Labute approximate surface area is 106 Å². The molecule has 1 aliphatic heterocycles. The van der Waals surface area contributed by atoms with E-state index in [9.17, 15) is 0 Å². The summed E-state index contributed by atoms with van der Waals surface area (Å²) in [4.78, 5) is 2.68. The summed E-state index contributed by atoms with van der Waals surface area (Å²) in [7, 11) is 0. The summed E-state index contributed by atoms with van der Waals surface area (Å²) >= 11 is 1.96. The Morgan fingerprint density at radius 2 is 2.06 bits per heavy atom. The van der Waals surface area contributed by atoms with E-state index in [-0.39, 0.29) is 0 Å². The second-order valence-electron chi connectivity index (χ2n) is 5.04. The van der Waals surface area contributed by atoms with Gasteiger partial charge in [-0.2, -0.15) is 11.8 Å². The molecule has 1 saturated heterocycles. The van der Waals surface area contributed by atoms with Crippen molar-refractivity contribution in [2.75, 3.05) is 31.6 Å². The van der Waals surface area contributed by atoms with Crippen LogP contribution in [0.2, 0.25) is 0 Å². The van der Waals surface area contributed by atoms with Gasteiger partial charge in [-0.05, 0) is 45.5 Å². The molecule has 1 rings (SSSR count). The summed E-state index contributed by atoms with van der Waals surface area (Å²) in [5.74, 6) is 1.25. The van der Waals surface area contributed by atoms with Crippen molar-refractivity contribution in [1.29, 1.82) is 0 Å². The van der Waals surface area contributed by atoms with E-state index in [1.807, 2.05) is 11.8 Å². The maximum absolute atomic E-state index is 3.77. The number of hydrogen-bond acceptors (Lipinski definition) is 3. The van der Waals surface area contributed by atoms with E-state index in [0.29, 0.717) is 11.6 Å². The molecular weight excluding hydrogens is 216 g/mol. The first kappa shape index (κ1) is 14.3. The van der Waals surface area contributed by atoms with Crippen molar-refractivity contribution in [3.8, 4) is 0 Å². The van der Waals surface area contributed by atoms with E-state index >= 15 is 0 Å². The van der Waals surface area contributed by atoms with E-state index in [4.69, 9.17) is 0 Å². The van der Waals surface area contributed by atoms with Crippen LogP contribution in [0.3, 0.4) is 0 Å². The molecule has 0 aromatic rings. The summed E-state index contributed by atoms with van der Waals surface area (Å²) in [5, 5.41) is 3.77. The molecule has 1 unspecified atom stereocenters. The first-order valence-corrected chi connectivity index (χ1v) is 8.05. The van der Waals surface area contributed by atoms with Crippen LogP contribution in [0.1, 0.15) is 40.0 Å². The Balaban J connectivity index is 2.64. The fraction of sp³-hybridized carbons (Fsp3) is 1.00.